The summed E-state index contributed by atoms with van der Waals surface area (Å²) < 4.78 is 12.3. The van der Waals surface area contributed by atoms with E-state index < -0.39 is 5.97 Å². The van der Waals surface area contributed by atoms with Crippen molar-refractivity contribution < 1.29 is 14.3 Å². The summed E-state index contributed by atoms with van der Waals surface area (Å²) in [7, 11) is 0. The van der Waals surface area contributed by atoms with Crippen LogP contribution in [0, 0.1) is 6.92 Å². The van der Waals surface area contributed by atoms with Gasteiger partial charge in [0.15, 0.2) is 5.69 Å². The maximum absolute atomic E-state index is 11.6. The Hall–Kier alpha value is -1.43. The largest absolute Gasteiger partial charge is 0.461 e. The highest BCUT2D eigenvalue weighted by atomic mass is 16.5. The Morgan fingerprint density at radius 2 is 2.42 bits per heavy atom. The topological polar surface area (TPSA) is 66.2 Å². The lowest BCUT2D eigenvalue weighted by Crippen LogP contribution is -2.10. The SMILES string of the molecule is CCOC(=O)c1nnn(CCCC2CCCO2)c1C. The molecule has 0 spiro atoms. The third-order valence-electron chi connectivity index (χ3n) is 3.37. The second-order valence-electron chi connectivity index (χ2n) is 4.74. The summed E-state index contributed by atoms with van der Waals surface area (Å²) in [4.78, 5) is 11.6. The molecule has 1 aromatic heterocycles. The minimum Gasteiger partial charge on any atom is -0.461 e. The third-order valence-corrected chi connectivity index (χ3v) is 3.37. The van der Waals surface area contributed by atoms with E-state index >= 15 is 0 Å². The third kappa shape index (κ3) is 3.53. The minimum atomic E-state index is -0.398. The van der Waals surface area contributed by atoms with Crippen LogP contribution in [0.15, 0.2) is 0 Å². The van der Waals surface area contributed by atoms with E-state index in [1.165, 1.54) is 6.42 Å². The van der Waals surface area contributed by atoms with E-state index in [4.69, 9.17) is 9.47 Å². The minimum absolute atomic E-state index is 0.318. The lowest BCUT2D eigenvalue weighted by molar-refractivity contribution is 0.0518. The molecule has 0 saturated carbocycles. The van der Waals surface area contributed by atoms with E-state index in [2.05, 4.69) is 10.3 Å². The van der Waals surface area contributed by atoms with Crippen molar-refractivity contribution in [1.29, 1.82) is 0 Å². The Bertz CT molecular complexity index is 425. The number of nitrogens with zero attached hydrogens (tertiary/aromatic N) is 3. The smallest absolute Gasteiger partial charge is 0.360 e. The van der Waals surface area contributed by atoms with Crippen LogP contribution < -0.4 is 0 Å². The quantitative estimate of drug-likeness (QED) is 0.734. The van der Waals surface area contributed by atoms with Crippen LogP contribution in [0.25, 0.3) is 0 Å². The van der Waals surface area contributed by atoms with Gasteiger partial charge in [-0.15, -0.1) is 5.10 Å². The maximum atomic E-state index is 11.6. The van der Waals surface area contributed by atoms with Crippen LogP contribution in [0.5, 0.6) is 0 Å². The van der Waals surface area contributed by atoms with Crippen molar-refractivity contribution >= 4 is 5.97 Å². The zero-order valence-corrected chi connectivity index (χ0v) is 11.6. The standard InChI is InChI=1S/C13H21N3O3/c1-3-18-13(17)12-10(2)16(15-14-12)8-4-6-11-7-5-9-19-11/h11H,3-9H2,1-2H3. The first-order valence-electron chi connectivity index (χ1n) is 6.91. The summed E-state index contributed by atoms with van der Waals surface area (Å²) in [5.74, 6) is -0.398. The van der Waals surface area contributed by atoms with Gasteiger partial charge in [0.25, 0.3) is 0 Å². The predicted octanol–water partition coefficient (Wildman–Crippen LogP) is 1.72. The Balaban J connectivity index is 1.85. The Labute approximate surface area is 113 Å². The summed E-state index contributed by atoms with van der Waals surface area (Å²) >= 11 is 0. The number of hydrogen-bond acceptors (Lipinski definition) is 5. The molecule has 0 aromatic carbocycles. The Kier molecular flexibility index (Phi) is 4.90. The van der Waals surface area contributed by atoms with Gasteiger partial charge in [-0.2, -0.15) is 0 Å². The molecule has 2 heterocycles. The van der Waals surface area contributed by atoms with Gasteiger partial charge >= 0.3 is 5.97 Å². The number of aryl methyl sites for hydroxylation is 1. The Morgan fingerprint density at radius 3 is 3.11 bits per heavy atom. The molecule has 106 valence electrons. The number of hydrogen-bond donors (Lipinski definition) is 0. The number of esters is 1. The Morgan fingerprint density at radius 1 is 1.58 bits per heavy atom. The van der Waals surface area contributed by atoms with E-state index in [9.17, 15) is 4.79 Å². The second kappa shape index (κ2) is 6.65. The van der Waals surface area contributed by atoms with Crippen molar-refractivity contribution in [2.75, 3.05) is 13.2 Å². The molecule has 1 aliphatic heterocycles. The molecule has 2 rings (SSSR count). The lowest BCUT2D eigenvalue weighted by atomic mass is 10.1. The van der Waals surface area contributed by atoms with E-state index in [0.717, 1.165) is 38.1 Å². The number of ether oxygens (including phenoxy) is 2. The number of aromatic nitrogens is 3. The van der Waals surface area contributed by atoms with E-state index in [1.54, 1.807) is 11.6 Å². The van der Waals surface area contributed by atoms with Gasteiger partial charge in [0, 0.05) is 13.2 Å². The zero-order valence-electron chi connectivity index (χ0n) is 11.6. The predicted molar refractivity (Wildman–Crippen MR) is 68.9 cm³/mol. The molecule has 0 amide bonds. The molecule has 1 aliphatic rings. The van der Waals surface area contributed by atoms with E-state index in [-0.39, 0.29) is 0 Å². The molecule has 1 atom stereocenters. The second-order valence-corrected chi connectivity index (χ2v) is 4.74. The molecule has 6 heteroatoms. The number of carbonyl (C=O) groups excluding carboxylic acids is 1. The first-order chi connectivity index (χ1) is 9.22. The van der Waals surface area contributed by atoms with Gasteiger partial charge in [0.1, 0.15) is 0 Å². The van der Waals surface area contributed by atoms with Crippen molar-refractivity contribution in [2.45, 2.75) is 52.2 Å². The summed E-state index contributed by atoms with van der Waals surface area (Å²) in [5, 5.41) is 7.90. The highest BCUT2D eigenvalue weighted by molar-refractivity contribution is 5.88. The van der Waals surface area contributed by atoms with E-state index in [0.29, 0.717) is 18.4 Å². The van der Waals surface area contributed by atoms with Crippen LogP contribution in [0.2, 0.25) is 0 Å². The van der Waals surface area contributed by atoms with Crippen LogP contribution in [-0.4, -0.2) is 40.3 Å². The van der Waals surface area contributed by atoms with Crippen molar-refractivity contribution in [1.82, 2.24) is 15.0 Å². The summed E-state index contributed by atoms with van der Waals surface area (Å²) in [6, 6.07) is 0. The zero-order chi connectivity index (χ0) is 13.7. The van der Waals surface area contributed by atoms with E-state index in [1.807, 2.05) is 6.92 Å². The number of rotatable bonds is 6. The molecule has 0 aliphatic carbocycles. The summed E-state index contributed by atoms with van der Waals surface area (Å²) in [5.41, 5.74) is 1.09. The molecule has 0 radical (unpaired) electrons. The van der Waals surface area contributed by atoms with Crippen molar-refractivity contribution in [3.63, 3.8) is 0 Å². The van der Waals surface area contributed by atoms with Crippen LogP contribution in [0.1, 0.15) is 48.8 Å². The van der Waals surface area contributed by atoms with Gasteiger partial charge in [0.2, 0.25) is 0 Å². The molecular weight excluding hydrogens is 246 g/mol. The van der Waals surface area contributed by atoms with Crippen molar-refractivity contribution in [3.05, 3.63) is 11.4 Å². The molecule has 19 heavy (non-hydrogen) atoms. The molecule has 6 nitrogen and oxygen atoms in total. The number of carbonyl (C=O) groups is 1. The molecule has 1 saturated heterocycles. The maximum Gasteiger partial charge on any atom is 0.360 e. The molecule has 1 aromatic rings. The fourth-order valence-corrected chi connectivity index (χ4v) is 2.30. The summed E-state index contributed by atoms with van der Waals surface area (Å²) in [6.07, 6.45) is 4.74. The van der Waals surface area contributed by atoms with Gasteiger partial charge in [-0.3, -0.25) is 0 Å². The van der Waals surface area contributed by atoms with Gasteiger partial charge in [-0.25, -0.2) is 9.48 Å². The van der Waals surface area contributed by atoms with Crippen LogP contribution in [0.4, 0.5) is 0 Å². The van der Waals surface area contributed by atoms with Crippen molar-refractivity contribution in [3.8, 4) is 0 Å². The monoisotopic (exact) mass is 267 g/mol. The van der Waals surface area contributed by atoms with Gasteiger partial charge < -0.3 is 9.47 Å². The average Bonchev–Trinajstić information content (AvgIpc) is 3.01. The van der Waals surface area contributed by atoms with Crippen molar-refractivity contribution in [2.24, 2.45) is 0 Å². The molecule has 0 bridgehead atoms. The van der Waals surface area contributed by atoms with Crippen LogP contribution in [-0.2, 0) is 16.0 Å². The van der Waals surface area contributed by atoms with Gasteiger partial charge in [0.05, 0.1) is 18.4 Å². The average molecular weight is 267 g/mol. The lowest BCUT2D eigenvalue weighted by Gasteiger charge is -2.09. The molecule has 0 N–H and O–H groups in total. The molecule has 1 fully saturated rings. The van der Waals surface area contributed by atoms with Gasteiger partial charge in [-0.05, 0) is 39.5 Å². The fraction of sp³-hybridized carbons (Fsp3) is 0.769. The van der Waals surface area contributed by atoms with Gasteiger partial charge in [-0.1, -0.05) is 5.21 Å². The molecule has 1 unspecified atom stereocenters. The van der Waals surface area contributed by atoms with Crippen LogP contribution >= 0.6 is 0 Å². The summed E-state index contributed by atoms with van der Waals surface area (Å²) in [6.45, 7) is 5.62. The first-order valence-corrected chi connectivity index (χ1v) is 6.91. The normalized spacial score (nSPS) is 18.7. The van der Waals surface area contributed by atoms with Crippen LogP contribution in [0.3, 0.4) is 0 Å². The first kappa shape index (κ1) is 14.0. The molecular formula is C13H21N3O3. The highest BCUT2D eigenvalue weighted by Crippen LogP contribution is 2.17. The fourth-order valence-electron chi connectivity index (χ4n) is 2.30. The highest BCUT2D eigenvalue weighted by Gasteiger charge is 2.18.